The highest BCUT2D eigenvalue weighted by atomic mass is 19.1. The van der Waals surface area contributed by atoms with E-state index in [1.165, 1.54) is 0 Å². The fourth-order valence-corrected chi connectivity index (χ4v) is 6.48. The molecule has 1 saturated heterocycles. The lowest BCUT2D eigenvalue weighted by Crippen LogP contribution is -2.45. The fraction of sp³-hybridized carbons (Fsp3) is 0.429. The van der Waals surface area contributed by atoms with Gasteiger partial charge in [-0.25, -0.2) is 8.91 Å². The Morgan fingerprint density at radius 2 is 1.86 bits per heavy atom. The second kappa shape index (κ2) is 11.6. The molecule has 1 atom stereocenters. The van der Waals surface area contributed by atoms with E-state index in [1.807, 2.05) is 61.0 Å². The van der Waals surface area contributed by atoms with Gasteiger partial charge in [0.15, 0.2) is 0 Å². The van der Waals surface area contributed by atoms with Gasteiger partial charge < -0.3 is 19.5 Å². The van der Waals surface area contributed by atoms with Crippen molar-refractivity contribution in [3.05, 3.63) is 71.2 Å². The molecule has 0 radical (unpaired) electrons. The Morgan fingerprint density at radius 3 is 2.63 bits per heavy atom. The molecule has 226 valence electrons. The van der Waals surface area contributed by atoms with Crippen molar-refractivity contribution >= 4 is 17.2 Å². The van der Waals surface area contributed by atoms with E-state index in [9.17, 15) is 9.90 Å². The maximum Gasteiger partial charge on any atom is 0.307 e. The molecule has 0 saturated carbocycles. The first kappa shape index (κ1) is 29.2. The number of anilines is 1. The number of carboxylic acids is 1. The van der Waals surface area contributed by atoms with Gasteiger partial charge in [0.2, 0.25) is 0 Å². The Labute approximate surface area is 252 Å². The molecule has 4 aromatic rings. The van der Waals surface area contributed by atoms with Crippen LogP contribution in [0.3, 0.4) is 0 Å². The van der Waals surface area contributed by atoms with E-state index in [0.717, 1.165) is 84.3 Å². The zero-order valence-electron chi connectivity index (χ0n) is 25.5. The summed E-state index contributed by atoms with van der Waals surface area (Å²) in [4.78, 5) is 14.3. The van der Waals surface area contributed by atoms with Crippen molar-refractivity contribution in [2.45, 2.75) is 77.9 Å². The van der Waals surface area contributed by atoms with Crippen molar-refractivity contribution in [2.24, 2.45) is 0 Å². The normalized spacial score (nSPS) is 21.0. The van der Waals surface area contributed by atoms with Gasteiger partial charge in [0.25, 0.3) is 0 Å². The predicted molar refractivity (Wildman–Crippen MR) is 167 cm³/mol. The minimum Gasteiger partial charge on any atom is -0.490 e. The zero-order chi connectivity index (χ0) is 30.3. The highest BCUT2D eigenvalue weighted by molar-refractivity contribution is 5.86. The third-order valence-electron chi connectivity index (χ3n) is 9.05. The topological polar surface area (TPSA) is 76.3 Å². The van der Waals surface area contributed by atoms with Crippen LogP contribution in [0.4, 0.5) is 10.1 Å². The van der Waals surface area contributed by atoms with E-state index in [2.05, 4.69) is 11.8 Å². The Morgan fingerprint density at radius 1 is 1.09 bits per heavy atom. The van der Waals surface area contributed by atoms with Crippen LogP contribution in [0.2, 0.25) is 0 Å². The molecule has 0 aliphatic carbocycles. The lowest BCUT2D eigenvalue weighted by Gasteiger charge is -2.41. The van der Waals surface area contributed by atoms with E-state index in [4.69, 9.17) is 14.6 Å². The predicted octanol–water partition coefficient (Wildman–Crippen LogP) is 7.38. The van der Waals surface area contributed by atoms with Crippen molar-refractivity contribution < 1.29 is 23.8 Å². The third kappa shape index (κ3) is 5.85. The van der Waals surface area contributed by atoms with Crippen molar-refractivity contribution in [3.8, 4) is 28.1 Å². The molecule has 3 aliphatic heterocycles. The van der Waals surface area contributed by atoms with Gasteiger partial charge in [-0.2, -0.15) is 5.10 Å². The first-order chi connectivity index (χ1) is 20.6. The van der Waals surface area contributed by atoms with Crippen molar-refractivity contribution in [3.63, 3.8) is 0 Å². The summed E-state index contributed by atoms with van der Waals surface area (Å²) in [7, 11) is 0. The number of halogens is 1. The molecule has 6 bridgehead atoms. The van der Waals surface area contributed by atoms with E-state index in [0.29, 0.717) is 23.5 Å². The number of carbonyl (C=O) groups is 1. The van der Waals surface area contributed by atoms with E-state index in [1.54, 1.807) is 13.0 Å². The number of rotatable bonds is 2. The molecule has 3 aliphatic rings. The molecular formula is C35H40FN3O4. The molecule has 1 fully saturated rings. The number of carboxylic acid groups (broad SMARTS) is 1. The number of benzene rings is 2. The smallest absolute Gasteiger partial charge is 0.307 e. The number of aromatic nitrogens is 2. The molecule has 2 aromatic carbocycles. The molecule has 1 unspecified atom stereocenters. The monoisotopic (exact) mass is 585 g/mol. The number of hydrogen-bond donors (Lipinski definition) is 1. The van der Waals surface area contributed by atoms with Crippen molar-refractivity contribution in [1.82, 2.24) is 9.61 Å². The SMILES string of the molecule is Cc1ccc2c(c1F)-c1cccc(c1)-c1cc3c(c(CC(=O)O)c(C)cn3n1)N1CCC(C)(CC1)OCCCCC(C)O2. The molecular weight excluding hydrogens is 545 g/mol. The fourth-order valence-electron chi connectivity index (χ4n) is 6.48. The second-order valence-electron chi connectivity index (χ2n) is 12.4. The van der Waals surface area contributed by atoms with Gasteiger partial charge in [0, 0.05) is 31.5 Å². The lowest BCUT2D eigenvalue weighted by molar-refractivity contribution is -0.136. The first-order valence-electron chi connectivity index (χ1n) is 15.3. The maximum atomic E-state index is 15.7. The van der Waals surface area contributed by atoms with Crippen LogP contribution in [0, 0.1) is 19.7 Å². The number of hydrogen-bond acceptors (Lipinski definition) is 5. The van der Waals surface area contributed by atoms with Gasteiger partial charge in [0.1, 0.15) is 11.6 Å². The molecule has 1 N–H and O–H groups in total. The number of nitrogens with zero attached hydrogens (tertiary/aromatic N) is 3. The minimum absolute atomic E-state index is 0.0637. The van der Waals surface area contributed by atoms with Crippen LogP contribution >= 0.6 is 0 Å². The molecule has 43 heavy (non-hydrogen) atoms. The molecule has 0 spiro atoms. The number of aliphatic carboxylic acids is 1. The van der Waals surface area contributed by atoms with Crippen LogP contribution < -0.4 is 9.64 Å². The third-order valence-corrected chi connectivity index (χ3v) is 9.05. The summed E-state index contributed by atoms with van der Waals surface area (Å²) in [5.74, 6) is -0.622. The van der Waals surface area contributed by atoms with Gasteiger partial charge in [-0.1, -0.05) is 24.3 Å². The van der Waals surface area contributed by atoms with E-state index in [-0.39, 0.29) is 23.9 Å². The van der Waals surface area contributed by atoms with E-state index >= 15 is 4.39 Å². The standard InChI is InChI=1S/C35H40FN3O4/c1-22-11-12-30-32(33(22)36)26-10-7-9-25(18-26)28-20-29-34(27(19-31(40)41)23(2)21-39(29)37-28)38-15-13-35(4,14-16-38)42-17-6-5-8-24(3)43-30/h7,9-12,18,20-21,24H,5-6,8,13-17,19H2,1-4H3,(H,40,41). The molecule has 7 nitrogen and oxygen atoms in total. The van der Waals surface area contributed by atoms with E-state index < -0.39 is 5.97 Å². The Balaban J connectivity index is 1.51. The summed E-state index contributed by atoms with van der Waals surface area (Å²) in [5, 5.41) is 14.8. The van der Waals surface area contributed by atoms with Crippen molar-refractivity contribution in [2.75, 3.05) is 24.6 Å². The molecule has 7 rings (SSSR count). The molecule has 0 amide bonds. The summed E-state index contributed by atoms with van der Waals surface area (Å²) >= 11 is 0. The second-order valence-corrected chi connectivity index (χ2v) is 12.4. The van der Waals surface area contributed by atoms with Crippen LogP contribution in [0.25, 0.3) is 27.9 Å². The van der Waals surface area contributed by atoms with Gasteiger partial charge in [0.05, 0.1) is 40.6 Å². The van der Waals surface area contributed by atoms with Gasteiger partial charge in [-0.3, -0.25) is 4.79 Å². The summed E-state index contributed by atoms with van der Waals surface area (Å²) < 4.78 is 30.4. The van der Waals surface area contributed by atoms with Crippen molar-refractivity contribution in [1.29, 1.82) is 0 Å². The molecule has 5 heterocycles. The Kier molecular flexibility index (Phi) is 7.90. The van der Waals surface area contributed by atoms with Crippen LogP contribution in [0.1, 0.15) is 62.6 Å². The quantitative estimate of drug-likeness (QED) is 0.265. The largest absolute Gasteiger partial charge is 0.490 e. The molecule has 2 aromatic heterocycles. The minimum atomic E-state index is -0.861. The number of aryl methyl sites for hydroxylation is 2. The number of ether oxygens (including phenoxy) is 2. The van der Waals surface area contributed by atoms with Crippen LogP contribution in [-0.4, -0.2) is 52.1 Å². The maximum absolute atomic E-state index is 15.7. The van der Waals surface area contributed by atoms with Gasteiger partial charge >= 0.3 is 5.97 Å². The zero-order valence-corrected chi connectivity index (χ0v) is 25.5. The number of piperidine rings is 1. The first-order valence-corrected chi connectivity index (χ1v) is 15.3. The Hall–Kier alpha value is -3.91. The Bertz CT molecular complexity index is 1670. The number of fused-ring (bicyclic) bond motifs is 8. The molecule has 8 heteroatoms. The van der Waals surface area contributed by atoms with Crippen LogP contribution in [-0.2, 0) is 16.0 Å². The highest BCUT2D eigenvalue weighted by Crippen LogP contribution is 2.39. The average Bonchev–Trinajstić information content (AvgIpc) is 3.39. The van der Waals surface area contributed by atoms with Crippen LogP contribution in [0.5, 0.6) is 5.75 Å². The summed E-state index contributed by atoms with van der Waals surface area (Å²) in [6, 6.07) is 13.4. The lowest BCUT2D eigenvalue weighted by atomic mass is 9.91. The summed E-state index contributed by atoms with van der Waals surface area (Å²) in [5.41, 5.74) is 6.56. The average molecular weight is 586 g/mol. The van der Waals surface area contributed by atoms with Gasteiger partial charge in [-0.05, 0) is 100 Å². The highest BCUT2D eigenvalue weighted by Gasteiger charge is 2.33. The number of pyridine rings is 1. The van der Waals surface area contributed by atoms with Gasteiger partial charge in [-0.15, -0.1) is 0 Å². The van der Waals surface area contributed by atoms with Crippen LogP contribution in [0.15, 0.2) is 48.7 Å². The summed E-state index contributed by atoms with van der Waals surface area (Å²) in [6.45, 7) is 10.1. The summed E-state index contributed by atoms with van der Waals surface area (Å²) in [6.07, 6.45) is 6.18.